The lowest BCUT2D eigenvalue weighted by Gasteiger charge is -2.36. The molecule has 0 spiro atoms. The van der Waals surface area contributed by atoms with Gasteiger partial charge in [-0.25, -0.2) is 0 Å². The molecule has 0 amide bonds. The van der Waals surface area contributed by atoms with Gasteiger partial charge in [-0.3, -0.25) is 4.68 Å². The van der Waals surface area contributed by atoms with Crippen molar-refractivity contribution >= 4 is 8.32 Å². The lowest BCUT2D eigenvalue weighted by atomic mass is 10.2. The van der Waals surface area contributed by atoms with Crippen molar-refractivity contribution in [3.8, 4) is 0 Å². The minimum absolute atomic E-state index is 0.285. The maximum absolute atomic E-state index is 6.09. The molecule has 0 unspecified atom stereocenters. The predicted molar refractivity (Wildman–Crippen MR) is 70.1 cm³/mol. The van der Waals surface area contributed by atoms with Crippen LogP contribution in [0, 0.1) is 6.92 Å². The zero-order valence-corrected chi connectivity index (χ0v) is 12.4. The third-order valence-corrected chi connectivity index (χ3v) is 7.89. The van der Waals surface area contributed by atoms with Gasteiger partial charge in [0.2, 0.25) is 0 Å². The third-order valence-electron chi connectivity index (χ3n) is 3.35. The summed E-state index contributed by atoms with van der Waals surface area (Å²) in [7, 11) is -1.59. The maximum atomic E-state index is 6.09. The van der Waals surface area contributed by atoms with Crippen molar-refractivity contribution in [2.24, 2.45) is 0 Å². The Morgan fingerprint density at radius 2 is 2.00 bits per heavy atom. The summed E-state index contributed by atoms with van der Waals surface area (Å²) in [4.78, 5) is 0. The molecule has 0 N–H and O–H groups in total. The molecule has 0 aromatic carbocycles. The lowest BCUT2D eigenvalue weighted by molar-refractivity contribution is 0.266. The summed E-state index contributed by atoms with van der Waals surface area (Å²) >= 11 is 0. The van der Waals surface area contributed by atoms with Gasteiger partial charge in [-0.2, -0.15) is 5.10 Å². The molecule has 1 rings (SSSR count). The second-order valence-electron chi connectivity index (χ2n) is 5.89. The van der Waals surface area contributed by atoms with Gasteiger partial charge in [0, 0.05) is 6.20 Å². The van der Waals surface area contributed by atoms with E-state index in [1.807, 2.05) is 10.9 Å². The highest BCUT2D eigenvalue weighted by Crippen LogP contribution is 2.36. The first-order chi connectivity index (χ1) is 7.22. The van der Waals surface area contributed by atoms with Crippen LogP contribution in [0.5, 0.6) is 0 Å². The van der Waals surface area contributed by atoms with Gasteiger partial charge < -0.3 is 4.43 Å². The minimum Gasteiger partial charge on any atom is -0.415 e. The van der Waals surface area contributed by atoms with Crippen LogP contribution in [0.2, 0.25) is 18.1 Å². The van der Waals surface area contributed by atoms with Crippen LogP contribution in [0.25, 0.3) is 0 Å². The molecule has 0 aliphatic carbocycles. The second kappa shape index (κ2) is 4.71. The minimum atomic E-state index is -1.59. The highest BCUT2D eigenvalue weighted by atomic mass is 28.4. The van der Waals surface area contributed by atoms with Crippen LogP contribution in [0.1, 0.15) is 26.3 Å². The molecule has 1 aromatic rings. The number of rotatable bonds is 4. The molecule has 92 valence electrons. The molecule has 0 aliphatic heterocycles. The molecule has 0 aliphatic rings. The van der Waals surface area contributed by atoms with E-state index in [4.69, 9.17) is 4.43 Å². The number of hydrogen-bond acceptors (Lipinski definition) is 2. The predicted octanol–water partition coefficient (Wildman–Crippen LogP) is 3.21. The molecule has 0 saturated carbocycles. The molecule has 16 heavy (non-hydrogen) atoms. The van der Waals surface area contributed by atoms with Crippen molar-refractivity contribution in [3.05, 3.63) is 18.0 Å². The maximum Gasteiger partial charge on any atom is 0.192 e. The Morgan fingerprint density at radius 3 is 2.44 bits per heavy atom. The highest BCUT2D eigenvalue weighted by Gasteiger charge is 2.36. The van der Waals surface area contributed by atoms with E-state index in [2.05, 4.69) is 52.1 Å². The fraction of sp³-hybridized carbons (Fsp3) is 0.750. The smallest absolute Gasteiger partial charge is 0.192 e. The standard InChI is InChI=1S/C12H24N2OSi/c1-11-9-13-14(10-11)7-8-15-16(5,6)12(2,3)4/h9-10H,7-8H2,1-6H3. The van der Waals surface area contributed by atoms with Gasteiger partial charge in [-0.1, -0.05) is 20.8 Å². The summed E-state index contributed by atoms with van der Waals surface area (Å²) in [5.74, 6) is 0. The van der Waals surface area contributed by atoms with E-state index in [1.165, 1.54) is 5.56 Å². The van der Waals surface area contributed by atoms with Crippen LogP contribution in [0.15, 0.2) is 12.4 Å². The summed E-state index contributed by atoms with van der Waals surface area (Å²) in [6.45, 7) is 15.0. The fourth-order valence-electron chi connectivity index (χ4n) is 1.20. The molecule has 1 aromatic heterocycles. The van der Waals surface area contributed by atoms with Crippen molar-refractivity contribution in [2.45, 2.75) is 52.4 Å². The van der Waals surface area contributed by atoms with Gasteiger partial charge in [-0.15, -0.1) is 0 Å². The Hall–Kier alpha value is -0.613. The highest BCUT2D eigenvalue weighted by molar-refractivity contribution is 6.74. The molecule has 1 heterocycles. The fourth-order valence-corrected chi connectivity index (χ4v) is 2.23. The molecule has 3 nitrogen and oxygen atoms in total. The number of hydrogen-bond donors (Lipinski definition) is 0. The normalized spacial score (nSPS) is 13.1. The first kappa shape index (κ1) is 13.5. The van der Waals surface area contributed by atoms with Crippen molar-refractivity contribution in [2.75, 3.05) is 6.61 Å². The Kier molecular flexibility index (Phi) is 3.96. The Morgan fingerprint density at radius 1 is 1.38 bits per heavy atom. The van der Waals surface area contributed by atoms with Crippen LogP contribution in [-0.2, 0) is 11.0 Å². The largest absolute Gasteiger partial charge is 0.415 e. The van der Waals surface area contributed by atoms with Gasteiger partial charge in [0.1, 0.15) is 0 Å². The van der Waals surface area contributed by atoms with Crippen LogP contribution in [0.4, 0.5) is 0 Å². The van der Waals surface area contributed by atoms with E-state index in [0.717, 1.165) is 13.2 Å². The zero-order chi connectivity index (χ0) is 12.4. The van der Waals surface area contributed by atoms with Crippen LogP contribution in [0.3, 0.4) is 0 Å². The van der Waals surface area contributed by atoms with Gasteiger partial charge in [0.25, 0.3) is 0 Å². The molecular weight excluding hydrogens is 216 g/mol. The van der Waals surface area contributed by atoms with E-state index in [1.54, 1.807) is 0 Å². The van der Waals surface area contributed by atoms with E-state index >= 15 is 0 Å². The number of nitrogens with zero attached hydrogens (tertiary/aromatic N) is 2. The van der Waals surface area contributed by atoms with Gasteiger partial charge in [0.05, 0.1) is 19.3 Å². The SMILES string of the molecule is Cc1cnn(CCO[Si](C)(C)C(C)(C)C)c1. The molecule has 4 heteroatoms. The molecule has 0 fully saturated rings. The summed E-state index contributed by atoms with van der Waals surface area (Å²) < 4.78 is 8.03. The summed E-state index contributed by atoms with van der Waals surface area (Å²) in [6, 6.07) is 0. The second-order valence-corrected chi connectivity index (χ2v) is 10.7. The van der Waals surface area contributed by atoms with Gasteiger partial charge >= 0.3 is 0 Å². The average Bonchev–Trinajstić information content (AvgIpc) is 2.49. The summed E-state index contributed by atoms with van der Waals surface area (Å²) in [5, 5.41) is 4.53. The summed E-state index contributed by atoms with van der Waals surface area (Å²) in [6.07, 6.45) is 3.93. The van der Waals surface area contributed by atoms with Crippen LogP contribution >= 0.6 is 0 Å². The molecule has 0 bridgehead atoms. The van der Waals surface area contributed by atoms with E-state index < -0.39 is 8.32 Å². The molecule has 0 atom stereocenters. The molecular formula is C12H24N2OSi. The van der Waals surface area contributed by atoms with Crippen molar-refractivity contribution in [1.82, 2.24) is 9.78 Å². The summed E-state index contributed by atoms with van der Waals surface area (Å²) in [5.41, 5.74) is 1.20. The van der Waals surface area contributed by atoms with Gasteiger partial charge in [0.15, 0.2) is 8.32 Å². The zero-order valence-electron chi connectivity index (χ0n) is 11.4. The van der Waals surface area contributed by atoms with Crippen LogP contribution in [-0.4, -0.2) is 24.7 Å². The quantitative estimate of drug-likeness (QED) is 0.756. The van der Waals surface area contributed by atoms with Crippen LogP contribution < -0.4 is 0 Å². The van der Waals surface area contributed by atoms with Crippen molar-refractivity contribution in [1.29, 1.82) is 0 Å². The van der Waals surface area contributed by atoms with E-state index in [-0.39, 0.29) is 5.04 Å². The van der Waals surface area contributed by atoms with Gasteiger partial charge in [-0.05, 0) is 30.6 Å². The molecule has 0 saturated heterocycles. The third kappa shape index (κ3) is 3.45. The van der Waals surface area contributed by atoms with E-state index in [0.29, 0.717) is 0 Å². The Bertz CT molecular complexity index is 339. The number of aromatic nitrogens is 2. The van der Waals surface area contributed by atoms with Crippen molar-refractivity contribution in [3.63, 3.8) is 0 Å². The topological polar surface area (TPSA) is 27.1 Å². The first-order valence-corrected chi connectivity index (χ1v) is 8.76. The lowest BCUT2D eigenvalue weighted by Crippen LogP contribution is -2.41. The average molecular weight is 240 g/mol. The Balaban J connectivity index is 2.41. The monoisotopic (exact) mass is 240 g/mol. The number of aryl methyl sites for hydroxylation is 1. The molecule has 0 radical (unpaired) electrons. The first-order valence-electron chi connectivity index (χ1n) is 5.85. The Labute approximate surface area is 99.9 Å². The van der Waals surface area contributed by atoms with E-state index in [9.17, 15) is 0 Å². The van der Waals surface area contributed by atoms with Crippen molar-refractivity contribution < 1.29 is 4.43 Å².